The molecular weight excluding hydrogens is 306 g/mol. The Bertz CT molecular complexity index is 669. The maximum atomic E-state index is 12.5. The van der Waals surface area contributed by atoms with Crippen LogP contribution in [-0.2, 0) is 16.4 Å². The molecule has 0 bridgehead atoms. The van der Waals surface area contributed by atoms with Gasteiger partial charge in [-0.25, -0.2) is 8.42 Å². The lowest BCUT2D eigenvalue weighted by Gasteiger charge is -2.18. The predicted molar refractivity (Wildman–Crippen MR) is 97.0 cm³/mol. The quantitative estimate of drug-likeness (QED) is 0.736. The molecule has 0 aliphatic rings. The van der Waals surface area contributed by atoms with E-state index >= 15 is 0 Å². The Labute approximate surface area is 139 Å². The zero-order valence-corrected chi connectivity index (χ0v) is 14.4. The van der Waals surface area contributed by atoms with Crippen LogP contribution in [0.3, 0.4) is 0 Å². The van der Waals surface area contributed by atoms with Crippen molar-refractivity contribution in [2.24, 2.45) is 5.92 Å². The van der Waals surface area contributed by atoms with Crippen LogP contribution in [0, 0.1) is 5.92 Å². The fourth-order valence-corrected chi connectivity index (χ4v) is 4.21. The van der Waals surface area contributed by atoms with Crippen LogP contribution < -0.4 is 4.72 Å². The fourth-order valence-electron chi connectivity index (χ4n) is 2.72. The third-order valence-corrected chi connectivity index (χ3v) is 5.29. The van der Waals surface area contributed by atoms with Gasteiger partial charge in [0.2, 0.25) is 10.0 Å². The van der Waals surface area contributed by atoms with Crippen LogP contribution in [0.5, 0.6) is 0 Å². The largest absolute Gasteiger partial charge is 0.284 e. The van der Waals surface area contributed by atoms with Gasteiger partial charge in [0, 0.05) is 5.69 Å². The molecule has 2 aromatic rings. The molecule has 124 valence electrons. The molecule has 0 aliphatic heterocycles. The lowest BCUT2D eigenvalue weighted by atomic mass is 9.96. The summed E-state index contributed by atoms with van der Waals surface area (Å²) in [5, 5.41) is 0. The van der Waals surface area contributed by atoms with Crippen molar-refractivity contribution in [3.63, 3.8) is 0 Å². The van der Waals surface area contributed by atoms with Gasteiger partial charge in [-0.15, -0.1) is 0 Å². The number of benzene rings is 2. The van der Waals surface area contributed by atoms with Gasteiger partial charge in [-0.1, -0.05) is 68.3 Å². The van der Waals surface area contributed by atoms with Crippen LogP contribution >= 0.6 is 0 Å². The van der Waals surface area contributed by atoms with Crippen molar-refractivity contribution < 1.29 is 8.42 Å². The molecule has 2 aromatic carbocycles. The van der Waals surface area contributed by atoms with Crippen molar-refractivity contribution in [3.8, 4) is 0 Å². The second-order valence-electron chi connectivity index (χ2n) is 5.95. The van der Waals surface area contributed by atoms with Gasteiger partial charge in [-0.3, -0.25) is 4.72 Å². The standard InChI is InChI=1S/C19H25NO2S/c1-2-3-10-18(15-17-11-6-4-7-12-17)16-23(21,22)20-19-13-8-5-9-14-19/h4-9,11-14,18,20H,2-3,10,15-16H2,1H3. The molecule has 0 heterocycles. The lowest BCUT2D eigenvalue weighted by molar-refractivity contribution is 0.495. The van der Waals surface area contributed by atoms with Crippen molar-refractivity contribution in [2.75, 3.05) is 10.5 Å². The average molecular weight is 331 g/mol. The summed E-state index contributed by atoms with van der Waals surface area (Å²) in [6.45, 7) is 2.14. The summed E-state index contributed by atoms with van der Waals surface area (Å²) in [5.74, 6) is 0.301. The number of unbranched alkanes of at least 4 members (excludes halogenated alkanes) is 1. The van der Waals surface area contributed by atoms with Gasteiger partial charge in [-0.2, -0.15) is 0 Å². The molecule has 1 atom stereocenters. The Balaban J connectivity index is 2.03. The molecule has 23 heavy (non-hydrogen) atoms. The highest BCUT2D eigenvalue weighted by Crippen LogP contribution is 2.19. The number of anilines is 1. The Hall–Kier alpha value is -1.81. The third kappa shape index (κ3) is 6.45. The molecule has 0 saturated carbocycles. The van der Waals surface area contributed by atoms with Crippen molar-refractivity contribution in [2.45, 2.75) is 32.6 Å². The SMILES string of the molecule is CCCCC(Cc1ccccc1)CS(=O)(=O)Nc1ccccc1. The lowest BCUT2D eigenvalue weighted by Crippen LogP contribution is -2.24. The molecule has 0 saturated heterocycles. The Morgan fingerprint density at radius 3 is 2.17 bits per heavy atom. The number of hydrogen-bond acceptors (Lipinski definition) is 2. The van der Waals surface area contributed by atoms with E-state index in [2.05, 4.69) is 23.8 Å². The molecule has 3 nitrogen and oxygen atoms in total. The van der Waals surface area contributed by atoms with Crippen molar-refractivity contribution in [1.29, 1.82) is 0 Å². The van der Waals surface area contributed by atoms with Gasteiger partial charge in [-0.05, 0) is 36.5 Å². The molecule has 1 unspecified atom stereocenters. The molecular formula is C19H25NO2S. The number of sulfonamides is 1. The highest BCUT2D eigenvalue weighted by molar-refractivity contribution is 7.92. The summed E-state index contributed by atoms with van der Waals surface area (Å²) in [5.41, 5.74) is 1.82. The first kappa shape index (κ1) is 17.5. The molecule has 4 heteroatoms. The monoisotopic (exact) mass is 331 g/mol. The van der Waals surface area contributed by atoms with E-state index < -0.39 is 10.0 Å². The molecule has 0 aromatic heterocycles. The maximum absolute atomic E-state index is 12.5. The zero-order valence-electron chi connectivity index (χ0n) is 13.6. The van der Waals surface area contributed by atoms with E-state index in [9.17, 15) is 8.42 Å². The molecule has 2 rings (SSSR count). The average Bonchev–Trinajstić information content (AvgIpc) is 2.54. The molecule has 0 aliphatic carbocycles. The first-order valence-electron chi connectivity index (χ1n) is 8.18. The Kier molecular flexibility index (Phi) is 6.66. The summed E-state index contributed by atoms with van der Waals surface area (Å²) in [4.78, 5) is 0. The van der Waals surface area contributed by atoms with Gasteiger partial charge in [0.25, 0.3) is 0 Å². The molecule has 1 N–H and O–H groups in total. The minimum absolute atomic E-state index is 0.138. The normalized spacial score (nSPS) is 12.7. The smallest absolute Gasteiger partial charge is 0.233 e. The summed E-state index contributed by atoms with van der Waals surface area (Å²) in [7, 11) is -3.33. The van der Waals surface area contributed by atoms with E-state index in [1.54, 1.807) is 12.1 Å². The minimum atomic E-state index is -3.33. The topological polar surface area (TPSA) is 46.2 Å². The maximum Gasteiger partial charge on any atom is 0.233 e. The number of para-hydroxylation sites is 1. The number of hydrogen-bond donors (Lipinski definition) is 1. The van der Waals surface area contributed by atoms with Crippen LogP contribution in [-0.4, -0.2) is 14.2 Å². The summed E-state index contributed by atoms with van der Waals surface area (Å²) >= 11 is 0. The van der Waals surface area contributed by atoms with Crippen LogP contribution in [0.1, 0.15) is 31.7 Å². The van der Waals surface area contributed by atoms with Gasteiger partial charge in [0.05, 0.1) is 5.75 Å². The van der Waals surface area contributed by atoms with Crippen LogP contribution in [0.25, 0.3) is 0 Å². The van der Waals surface area contributed by atoms with Gasteiger partial charge >= 0.3 is 0 Å². The van der Waals surface area contributed by atoms with E-state index in [1.807, 2.05) is 36.4 Å². The molecule has 0 spiro atoms. The minimum Gasteiger partial charge on any atom is -0.284 e. The third-order valence-electron chi connectivity index (χ3n) is 3.84. The highest BCUT2D eigenvalue weighted by atomic mass is 32.2. The van der Waals surface area contributed by atoms with E-state index in [-0.39, 0.29) is 11.7 Å². The van der Waals surface area contributed by atoms with Gasteiger partial charge < -0.3 is 0 Å². The second kappa shape index (κ2) is 8.73. The van der Waals surface area contributed by atoms with Crippen LogP contribution in [0.2, 0.25) is 0 Å². The van der Waals surface area contributed by atoms with Crippen LogP contribution in [0.15, 0.2) is 60.7 Å². The van der Waals surface area contributed by atoms with Gasteiger partial charge in [0.15, 0.2) is 0 Å². The van der Waals surface area contributed by atoms with Crippen molar-refractivity contribution >= 4 is 15.7 Å². The van der Waals surface area contributed by atoms with Crippen molar-refractivity contribution in [3.05, 3.63) is 66.2 Å². The second-order valence-corrected chi connectivity index (χ2v) is 7.71. The Morgan fingerprint density at radius 2 is 1.57 bits per heavy atom. The van der Waals surface area contributed by atoms with Gasteiger partial charge in [0.1, 0.15) is 0 Å². The number of rotatable bonds is 9. The highest BCUT2D eigenvalue weighted by Gasteiger charge is 2.19. The summed E-state index contributed by atoms with van der Waals surface area (Å²) < 4.78 is 27.6. The molecule has 0 fully saturated rings. The van der Waals surface area contributed by atoms with Crippen LogP contribution in [0.4, 0.5) is 5.69 Å². The first-order chi connectivity index (χ1) is 11.1. The summed E-state index contributed by atoms with van der Waals surface area (Å²) in [6.07, 6.45) is 3.87. The van der Waals surface area contributed by atoms with E-state index in [4.69, 9.17) is 0 Å². The zero-order chi connectivity index (χ0) is 16.5. The van der Waals surface area contributed by atoms with E-state index in [1.165, 1.54) is 5.56 Å². The van der Waals surface area contributed by atoms with Crippen molar-refractivity contribution in [1.82, 2.24) is 0 Å². The Morgan fingerprint density at radius 1 is 0.957 bits per heavy atom. The molecule has 0 radical (unpaired) electrons. The number of nitrogens with one attached hydrogen (secondary N) is 1. The summed E-state index contributed by atoms with van der Waals surface area (Å²) in [6, 6.07) is 19.2. The predicted octanol–water partition coefficient (Wildman–Crippen LogP) is 4.48. The fraction of sp³-hybridized carbons (Fsp3) is 0.368. The van der Waals surface area contributed by atoms with E-state index in [0.29, 0.717) is 5.69 Å². The van der Waals surface area contributed by atoms with E-state index in [0.717, 1.165) is 25.7 Å². The first-order valence-corrected chi connectivity index (χ1v) is 9.84. The molecule has 0 amide bonds.